The zero-order chi connectivity index (χ0) is 11.4. The molecule has 0 aromatic heterocycles. The van der Waals surface area contributed by atoms with E-state index in [0.29, 0.717) is 11.3 Å². The van der Waals surface area contributed by atoms with Crippen LogP contribution in [0.1, 0.15) is 18.4 Å². The van der Waals surface area contributed by atoms with Crippen LogP contribution in [0, 0.1) is 11.3 Å². The van der Waals surface area contributed by atoms with Gasteiger partial charge in [-0.25, -0.2) is 0 Å². The number of hydrogen-bond donors (Lipinski definition) is 1. The lowest BCUT2D eigenvalue weighted by Crippen LogP contribution is -2.25. The number of anilines is 1. The van der Waals surface area contributed by atoms with Crippen LogP contribution in [0.5, 0.6) is 5.75 Å². The van der Waals surface area contributed by atoms with Gasteiger partial charge in [-0.05, 0) is 12.1 Å². The highest BCUT2D eigenvalue weighted by molar-refractivity contribution is 5.57. The molecule has 1 saturated heterocycles. The highest BCUT2D eigenvalue weighted by Crippen LogP contribution is 2.22. The zero-order valence-electron chi connectivity index (χ0n) is 8.98. The number of benzene rings is 1. The largest absolute Gasteiger partial charge is 0.490 e. The average molecular weight is 218 g/mol. The van der Waals surface area contributed by atoms with Gasteiger partial charge in [0.2, 0.25) is 0 Å². The van der Waals surface area contributed by atoms with Gasteiger partial charge in [0.15, 0.2) is 0 Å². The highest BCUT2D eigenvalue weighted by atomic mass is 16.5. The maximum Gasteiger partial charge on any atom is 0.121 e. The van der Waals surface area contributed by atoms with Gasteiger partial charge in [0.25, 0.3) is 0 Å². The van der Waals surface area contributed by atoms with Gasteiger partial charge in [-0.3, -0.25) is 0 Å². The van der Waals surface area contributed by atoms with E-state index in [4.69, 9.17) is 20.5 Å². The minimum Gasteiger partial charge on any atom is -0.490 e. The number of nitrogen functional groups attached to an aromatic ring is 1. The molecule has 2 N–H and O–H groups in total. The highest BCUT2D eigenvalue weighted by Gasteiger charge is 2.15. The number of nitrogens with two attached hydrogens (primary N) is 1. The molecule has 4 heteroatoms. The predicted molar refractivity (Wildman–Crippen MR) is 60.0 cm³/mol. The Kier molecular flexibility index (Phi) is 3.28. The van der Waals surface area contributed by atoms with Crippen molar-refractivity contribution in [3.63, 3.8) is 0 Å². The van der Waals surface area contributed by atoms with Gasteiger partial charge < -0.3 is 15.2 Å². The van der Waals surface area contributed by atoms with Crippen LogP contribution in [0.2, 0.25) is 0 Å². The van der Waals surface area contributed by atoms with Gasteiger partial charge in [0.05, 0.1) is 24.5 Å². The first-order chi connectivity index (χ1) is 7.79. The summed E-state index contributed by atoms with van der Waals surface area (Å²) in [4.78, 5) is 0. The molecule has 16 heavy (non-hydrogen) atoms. The number of nitriles is 1. The number of rotatable bonds is 2. The molecule has 1 aromatic rings. The fourth-order valence-corrected chi connectivity index (χ4v) is 1.70. The van der Waals surface area contributed by atoms with Crippen molar-refractivity contribution in [1.29, 1.82) is 5.26 Å². The molecular weight excluding hydrogens is 204 g/mol. The molecule has 1 aliphatic heterocycles. The Bertz CT molecular complexity index is 406. The summed E-state index contributed by atoms with van der Waals surface area (Å²) in [5.41, 5.74) is 6.66. The lowest BCUT2D eigenvalue weighted by molar-refractivity contribution is 0.0256. The maximum atomic E-state index is 8.74. The van der Waals surface area contributed by atoms with E-state index >= 15 is 0 Å². The maximum absolute atomic E-state index is 8.74. The second-order valence-corrected chi connectivity index (χ2v) is 3.79. The Morgan fingerprint density at radius 1 is 1.38 bits per heavy atom. The fourth-order valence-electron chi connectivity index (χ4n) is 1.70. The molecule has 0 spiro atoms. The van der Waals surface area contributed by atoms with Crippen LogP contribution in [0.15, 0.2) is 18.2 Å². The summed E-state index contributed by atoms with van der Waals surface area (Å²) in [6.45, 7) is 1.49. The molecule has 0 radical (unpaired) electrons. The molecule has 1 aromatic carbocycles. The predicted octanol–water partition coefficient (Wildman–Crippen LogP) is 1.70. The van der Waals surface area contributed by atoms with E-state index in [-0.39, 0.29) is 6.10 Å². The van der Waals surface area contributed by atoms with E-state index in [0.717, 1.165) is 31.8 Å². The Morgan fingerprint density at radius 3 is 2.75 bits per heavy atom. The SMILES string of the molecule is N#Cc1ccc(OC2CCOCC2)cc1N. The molecule has 2 rings (SSSR count). The monoisotopic (exact) mass is 218 g/mol. The molecule has 0 amide bonds. The third-order valence-electron chi connectivity index (χ3n) is 2.61. The third kappa shape index (κ3) is 2.44. The molecule has 0 bridgehead atoms. The van der Waals surface area contributed by atoms with Crippen LogP contribution in [0.25, 0.3) is 0 Å². The summed E-state index contributed by atoms with van der Waals surface area (Å²) in [6, 6.07) is 7.19. The van der Waals surface area contributed by atoms with Gasteiger partial charge in [-0.15, -0.1) is 0 Å². The standard InChI is InChI=1S/C12H14N2O2/c13-8-9-1-2-11(7-12(9)14)16-10-3-5-15-6-4-10/h1-2,7,10H,3-6,14H2. The summed E-state index contributed by atoms with van der Waals surface area (Å²) in [7, 11) is 0. The zero-order valence-corrected chi connectivity index (χ0v) is 8.98. The number of ether oxygens (including phenoxy) is 2. The van der Waals surface area contributed by atoms with E-state index in [2.05, 4.69) is 0 Å². The molecule has 0 atom stereocenters. The first-order valence-corrected chi connectivity index (χ1v) is 5.33. The Morgan fingerprint density at radius 2 is 2.12 bits per heavy atom. The van der Waals surface area contributed by atoms with Crippen LogP contribution in [-0.4, -0.2) is 19.3 Å². The minimum absolute atomic E-state index is 0.195. The van der Waals surface area contributed by atoms with Gasteiger partial charge in [-0.1, -0.05) is 0 Å². The van der Waals surface area contributed by atoms with E-state index in [1.54, 1.807) is 18.2 Å². The summed E-state index contributed by atoms with van der Waals surface area (Å²) in [5.74, 6) is 0.725. The molecule has 4 nitrogen and oxygen atoms in total. The first-order valence-electron chi connectivity index (χ1n) is 5.33. The summed E-state index contributed by atoms with van der Waals surface area (Å²) < 4.78 is 11.0. The summed E-state index contributed by atoms with van der Waals surface area (Å²) in [6.07, 6.45) is 2.00. The second-order valence-electron chi connectivity index (χ2n) is 3.79. The van der Waals surface area contributed by atoms with Crippen LogP contribution < -0.4 is 10.5 Å². The van der Waals surface area contributed by atoms with Crippen molar-refractivity contribution in [2.45, 2.75) is 18.9 Å². The van der Waals surface area contributed by atoms with Crippen LogP contribution in [-0.2, 0) is 4.74 Å². The van der Waals surface area contributed by atoms with Gasteiger partial charge in [0.1, 0.15) is 17.9 Å². The topological polar surface area (TPSA) is 68.3 Å². The molecule has 1 fully saturated rings. The molecule has 0 saturated carbocycles. The lowest BCUT2D eigenvalue weighted by atomic mass is 10.1. The van der Waals surface area contributed by atoms with Crippen molar-refractivity contribution in [2.75, 3.05) is 18.9 Å². The Hall–Kier alpha value is -1.73. The fraction of sp³-hybridized carbons (Fsp3) is 0.417. The normalized spacial score (nSPS) is 16.7. The van der Waals surface area contributed by atoms with Crippen molar-refractivity contribution in [1.82, 2.24) is 0 Å². The average Bonchev–Trinajstić information content (AvgIpc) is 2.31. The van der Waals surface area contributed by atoms with E-state index in [9.17, 15) is 0 Å². The van der Waals surface area contributed by atoms with Crippen molar-refractivity contribution in [3.8, 4) is 11.8 Å². The molecule has 0 unspecified atom stereocenters. The van der Waals surface area contributed by atoms with Crippen molar-refractivity contribution < 1.29 is 9.47 Å². The smallest absolute Gasteiger partial charge is 0.121 e. The van der Waals surface area contributed by atoms with Gasteiger partial charge in [-0.2, -0.15) is 5.26 Å². The van der Waals surface area contributed by atoms with Crippen molar-refractivity contribution in [2.24, 2.45) is 0 Å². The first kappa shape index (κ1) is 10.8. The number of nitrogens with zero attached hydrogens (tertiary/aromatic N) is 1. The molecule has 84 valence electrons. The van der Waals surface area contributed by atoms with E-state index in [1.807, 2.05) is 6.07 Å². The van der Waals surface area contributed by atoms with Crippen molar-refractivity contribution in [3.05, 3.63) is 23.8 Å². The van der Waals surface area contributed by atoms with Gasteiger partial charge >= 0.3 is 0 Å². The van der Waals surface area contributed by atoms with Crippen LogP contribution >= 0.6 is 0 Å². The summed E-state index contributed by atoms with van der Waals surface area (Å²) in [5, 5.41) is 8.74. The number of hydrogen-bond acceptors (Lipinski definition) is 4. The van der Waals surface area contributed by atoms with Crippen LogP contribution in [0.3, 0.4) is 0 Å². The minimum atomic E-state index is 0.195. The molecule has 1 heterocycles. The molecule has 1 aliphatic rings. The molecular formula is C12H14N2O2. The Balaban J connectivity index is 2.04. The van der Waals surface area contributed by atoms with E-state index < -0.39 is 0 Å². The van der Waals surface area contributed by atoms with Gasteiger partial charge in [0, 0.05) is 18.9 Å². The van der Waals surface area contributed by atoms with E-state index in [1.165, 1.54) is 0 Å². The third-order valence-corrected chi connectivity index (χ3v) is 2.61. The summed E-state index contributed by atoms with van der Waals surface area (Å²) >= 11 is 0. The molecule has 0 aliphatic carbocycles. The Labute approximate surface area is 94.6 Å². The van der Waals surface area contributed by atoms with Crippen LogP contribution in [0.4, 0.5) is 5.69 Å². The quantitative estimate of drug-likeness (QED) is 0.767. The lowest BCUT2D eigenvalue weighted by Gasteiger charge is -2.23. The van der Waals surface area contributed by atoms with Crippen molar-refractivity contribution >= 4 is 5.69 Å². The second kappa shape index (κ2) is 4.86.